The normalized spacial score (nSPS) is 17.8. The van der Waals surface area contributed by atoms with Gasteiger partial charge in [0.2, 0.25) is 5.91 Å². The van der Waals surface area contributed by atoms with Gasteiger partial charge in [-0.05, 0) is 42.9 Å². The molecule has 0 bridgehead atoms. The van der Waals surface area contributed by atoms with Gasteiger partial charge in [0.25, 0.3) is 0 Å². The number of carbonyl (C=O) groups is 1. The molecule has 7 nitrogen and oxygen atoms in total. The lowest BCUT2D eigenvalue weighted by Crippen LogP contribution is -2.50. The second-order valence-electron chi connectivity index (χ2n) is 8.77. The maximum atomic E-state index is 12.7. The molecule has 2 heterocycles. The molecule has 0 spiro atoms. The van der Waals surface area contributed by atoms with Crippen LogP contribution in [0, 0.1) is 11.8 Å². The zero-order valence-electron chi connectivity index (χ0n) is 19.7. The van der Waals surface area contributed by atoms with E-state index in [1.807, 2.05) is 24.1 Å². The van der Waals surface area contributed by atoms with Crippen LogP contribution in [-0.4, -0.2) is 81.3 Å². The van der Waals surface area contributed by atoms with Crippen molar-refractivity contribution in [2.24, 2.45) is 16.8 Å². The Balaban J connectivity index is 0.00000363. The number of rotatable bonds is 7. The summed E-state index contributed by atoms with van der Waals surface area (Å²) in [5.74, 6) is 2.80. The monoisotopic (exact) mass is 558 g/mol. The average molecular weight is 559 g/mol. The molecule has 0 radical (unpaired) electrons. The van der Waals surface area contributed by atoms with E-state index in [1.54, 1.807) is 0 Å². The number of hydrogen-bond acceptors (Lipinski definition) is 4. The first kappa shape index (κ1) is 26.7. The minimum atomic E-state index is 0. The molecule has 3 rings (SSSR count). The molecule has 2 saturated heterocycles. The molecule has 2 aliphatic rings. The number of guanidine groups is 1. The molecule has 0 saturated carbocycles. The highest BCUT2D eigenvalue weighted by Crippen LogP contribution is 2.20. The van der Waals surface area contributed by atoms with Crippen molar-refractivity contribution in [2.75, 3.05) is 59.6 Å². The van der Waals surface area contributed by atoms with Gasteiger partial charge in [-0.15, -0.1) is 24.0 Å². The highest BCUT2D eigenvalue weighted by molar-refractivity contribution is 14.0. The molecule has 2 aliphatic heterocycles. The molecule has 1 amide bonds. The van der Waals surface area contributed by atoms with Gasteiger partial charge in [-0.25, -0.2) is 0 Å². The van der Waals surface area contributed by atoms with Crippen LogP contribution in [0.2, 0.25) is 0 Å². The molecule has 1 aromatic rings. The van der Waals surface area contributed by atoms with Crippen LogP contribution in [0.5, 0.6) is 5.75 Å². The van der Waals surface area contributed by atoms with Crippen molar-refractivity contribution in [3.8, 4) is 5.75 Å². The Morgan fingerprint density at radius 1 is 1.12 bits per heavy atom. The Hall–Kier alpha value is -1.55. The van der Waals surface area contributed by atoms with Crippen LogP contribution in [0.4, 0.5) is 0 Å². The van der Waals surface area contributed by atoms with Gasteiger partial charge in [0, 0.05) is 45.7 Å². The maximum Gasteiger partial charge on any atom is 0.225 e. The van der Waals surface area contributed by atoms with Crippen molar-refractivity contribution < 1.29 is 14.3 Å². The summed E-state index contributed by atoms with van der Waals surface area (Å²) in [7, 11) is 1.83. The molecule has 0 unspecified atom stereocenters. The van der Waals surface area contributed by atoms with E-state index >= 15 is 0 Å². The number of carbonyl (C=O) groups excluding carboxylic acids is 1. The predicted molar refractivity (Wildman–Crippen MR) is 139 cm³/mol. The van der Waals surface area contributed by atoms with Gasteiger partial charge in [0.1, 0.15) is 5.75 Å². The fourth-order valence-electron chi connectivity index (χ4n) is 4.05. The van der Waals surface area contributed by atoms with E-state index in [2.05, 4.69) is 41.2 Å². The lowest BCUT2D eigenvalue weighted by molar-refractivity contribution is -0.140. The van der Waals surface area contributed by atoms with E-state index in [1.165, 1.54) is 5.56 Å². The number of amides is 1. The smallest absolute Gasteiger partial charge is 0.225 e. The van der Waals surface area contributed by atoms with Gasteiger partial charge in [0.15, 0.2) is 5.96 Å². The first-order chi connectivity index (χ1) is 15.1. The molecule has 0 atom stereocenters. The first-order valence-electron chi connectivity index (χ1n) is 11.6. The molecule has 2 fully saturated rings. The minimum absolute atomic E-state index is 0. The number of benzene rings is 1. The van der Waals surface area contributed by atoms with E-state index in [0.717, 1.165) is 70.3 Å². The third-order valence-corrected chi connectivity index (χ3v) is 5.88. The fraction of sp³-hybridized carbons (Fsp3) is 0.667. The standard InChI is InChI=1S/C24H38N4O3.HI/c1-19(2)18-31-22-6-4-20(5-7-22)8-11-26-24(25-3)28-12-9-21(10-13-28)23(29)27-14-16-30-17-15-27;/h4-7,19,21H,8-18H2,1-3H3,(H,25,26);1H. The van der Waals surface area contributed by atoms with Crippen molar-refractivity contribution in [3.63, 3.8) is 0 Å². The van der Waals surface area contributed by atoms with E-state index in [-0.39, 0.29) is 29.9 Å². The van der Waals surface area contributed by atoms with E-state index < -0.39 is 0 Å². The van der Waals surface area contributed by atoms with Gasteiger partial charge in [-0.2, -0.15) is 0 Å². The minimum Gasteiger partial charge on any atom is -0.493 e. The van der Waals surface area contributed by atoms with Crippen molar-refractivity contribution in [2.45, 2.75) is 33.1 Å². The molecule has 32 heavy (non-hydrogen) atoms. The van der Waals surface area contributed by atoms with Crippen molar-refractivity contribution in [1.82, 2.24) is 15.1 Å². The number of halogens is 1. The second-order valence-corrected chi connectivity index (χ2v) is 8.77. The molecule has 1 aromatic carbocycles. The van der Waals surface area contributed by atoms with Crippen LogP contribution < -0.4 is 10.1 Å². The van der Waals surface area contributed by atoms with Crippen molar-refractivity contribution in [3.05, 3.63) is 29.8 Å². The lowest BCUT2D eigenvalue weighted by Gasteiger charge is -2.36. The molecule has 8 heteroatoms. The van der Waals surface area contributed by atoms with E-state index in [9.17, 15) is 4.79 Å². The Labute approximate surface area is 209 Å². The third kappa shape index (κ3) is 8.10. The number of piperidine rings is 1. The number of hydrogen-bond donors (Lipinski definition) is 1. The Morgan fingerprint density at radius 3 is 2.38 bits per heavy atom. The molecule has 0 aliphatic carbocycles. The summed E-state index contributed by atoms with van der Waals surface area (Å²) in [5, 5.41) is 3.48. The van der Waals surface area contributed by atoms with Crippen molar-refractivity contribution >= 4 is 35.8 Å². The predicted octanol–water partition coefficient (Wildman–Crippen LogP) is 3.03. The quantitative estimate of drug-likeness (QED) is 0.317. The molecule has 1 N–H and O–H groups in total. The average Bonchev–Trinajstić information content (AvgIpc) is 2.81. The summed E-state index contributed by atoms with van der Waals surface area (Å²) < 4.78 is 11.1. The zero-order valence-corrected chi connectivity index (χ0v) is 22.0. The largest absolute Gasteiger partial charge is 0.493 e. The SMILES string of the molecule is CN=C(NCCc1ccc(OCC(C)C)cc1)N1CCC(C(=O)N2CCOCC2)CC1.I. The van der Waals surface area contributed by atoms with E-state index in [0.29, 0.717) is 25.0 Å². The van der Waals surface area contributed by atoms with Crippen LogP contribution in [0.25, 0.3) is 0 Å². The molecule has 0 aromatic heterocycles. The number of nitrogens with one attached hydrogen (secondary N) is 1. The Kier molecular flexibility index (Phi) is 11.6. The van der Waals surface area contributed by atoms with Gasteiger partial charge < -0.3 is 24.6 Å². The van der Waals surface area contributed by atoms with Gasteiger partial charge in [-0.1, -0.05) is 26.0 Å². The number of aliphatic imine (C=N–C) groups is 1. The van der Waals surface area contributed by atoms with Crippen molar-refractivity contribution in [1.29, 1.82) is 0 Å². The summed E-state index contributed by atoms with van der Waals surface area (Å²) >= 11 is 0. The summed E-state index contributed by atoms with van der Waals surface area (Å²) in [6, 6.07) is 8.34. The number of nitrogens with zero attached hydrogens (tertiary/aromatic N) is 3. The summed E-state index contributed by atoms with van der Waals surface area (Å²) in [6.45, 7) is 10.4. The van der Waals surface area contributed by atoms with Gasteiger partial charge in [-0.3, -0.25) is 9.79 Å². The summed E-state index contributed by atoms with van der Waals surface area (Å²) in [4.78, 5) is 21.4. The second kappa shape index (κ2) is 13.9. The fourth-order valence-corrected chi connectivity index (χ4v) is 4.05. The van der Waals surface area contributed by atoms with Crippen LogP contribution in [-0.2, 0) is 16.0 Å². The topological polar surface area (TPSA) is 66.4 Å². The Bertz CT molecular complexity index is 712. The maximum absolute atomic E-state index is 12.7. The summed E-state index contributed by atoms with van der Waals surface area (Å²) in [6.07, 6.45) is 2.69. The number of likely N-dealkylation sites (tertiary alicyclic amines) is 1. The lowest BCUT2D eigenvalue weighted by atomic mass is 9.95. The van der Waals surface area contributed by atoms with Crippen LogP contribution >= 0.6 is 24.0 Å². The van der Waals surface area contributed by atoms with Gasteiger partial charge in [0.05, 0.1) is 19.8 Å². The number of ether oxygens (including phenoxy) is 2. The molecule has 180 valence electrons. The Morgan fingerprint density at radius 2 is 1.78 bits per heavy atom. The number of morpholine rings is 1. The van der Waals surface area contributed by atoms with Gasteiger partial charge >= 0.3 is 0 Å². The highest BCUT2D eigenvalue weighted by Gasteiger charge is 2.30. The molecular weight excluding hydrogens is 519 g/mol. The first-order valence-corrected chi connectivity index (χ1v) is 11.6. The van der Waals surface area contributed by atoms with Crippen LogP contribution in [0.1, 0.15) is 32.3 Å². The molecular formula is C24H39IN4O3. The summed E-state index contributed by atoms with van der Waals surface area (Å²) in [5.41, 5.74) is 1.27. The highest BCUT2D eigenvalue weighted by atomic mass is 127. The zero-order chi connectivity index (χ0) is 22.1. The van der Waals surface area contributed by atoms with E-state index in [4.69, 9.17) is 9.47 Å². The van der Waals surface area contributed by atoms with Crippen LogP contribution in [0.3, 0.4) is 0 Å². The third-order valence-electron chi connectivity index (χ3n) is 5.88. The van der Waals surface area contributed by atoms with Crippen LogP contribution in [0.15, 0.2) is 29.3 Å².